The highest BCUT2D eigenvalue weighted by Crippen LogP contribution is 2.25. The van der Waals surface area contributed by atoms with Crippen LogP contribution in [0.3, 0.4) is 0 Å². The summed E-state index contributed by atoms with van der Waals surface area (Å²) in [4.78, 5) is 0. The van der Waals surface area contributed by atoms with Crippen LogP contribution in [0.2, 0.25) is 0 Å². The van der Waals surface area contributed by atoms with Crippen molar-refractivity contribution in [2.75, 3.05) is 14.2 Å². The van der Waals surface area contributed by atoms with Gasteiger partial charge >= 0.3 is 0 Å². The number of aryl methyl sites for hydroxylation is 2. The zero-order chi connectivity index (χ0) is 10.7. The van der Waals surface area contributed by atoms with E-state index in [1.54, 1.807) is 7.11 Å². The molecule has 0 amide bonds. The smallest absolute Gasteiger partial charge is 0.216 e. The molecule has 14 heavy (non-hydrogen) atoms. The summed E-state index contributed by atoms with van der Waals surface area (Å²) >= 11 is 0. The Morgan fingerprint density at radius 3 is 2.36 bits per heavy atom. The maximum absolute atomic E-state index is 7.61. The molecule has 1 aromatic carbocycles. The second-order valence-electron chi connectivity index (χ2n) is 3.20. The molecule has 0 atom stereocenters. The molecule has 0 saturated carbocycles. The van der Waals surface area contributed by atoms with Gasteiger partial charge in [-0.1, -0.05) is 6.07 Å². The number of ether oxygens (including phenoxy) is 2. The molecule has 0 fully saturated rings. The fourth-order valence-electron chi connectivity index (χ4n) is 1.50. The topological polar surface area (TPSA) is 42.3 Å². The van der Waals surface area contributed by atoms with Crippen LogP contribution in [0.1, 0.15) is 16.7 Å². The van der Waals surface area contributed by atoms with Crippen LogP contribution < -0.4 is 4.74 Å². The fourth-order valence-corrected chi connectivity index (χ4v) is 1.50. The molecule has 0 saturated heterocycles. The predicted octanol–water partition coefficient (Wildman–Crippen LogP) is 2.28. The van der Waals surface area contributed by atoms with Crippen molar-refractivity contribution in [2.45, 2.75) is 13.8 Å². The van der Waals surface area contributed by atoms with Crippen LogP contribution >= 0.6 is 0 Å². The van der Waals surface area contributed by atoms with E-state index in [-0.39, 0.29) is 5.90 Å². The lowest BCUT2D eigenvalue weighted by atomic mass is 10.1. The van der Waals surface area contributed by atoms with Gasteiger partial charge in [-0.25, -0.2) is 0 Å². The van der Waals surface area contributed by atoms with E-state index < -0.39 is 0 Å². The Labute approximate surface area is 84.2 Å². The van der Waals surface area contributed by atoms with E-state index in [1.165, 1.54) is 7.11 Å². The van der Waals surface area contributed by atoms with E-state index in [1.807, 2.05) is 26.0 Å². The normalized spacial score (nSPS) is 9.71. The van der Waals surface area contributed by atoms with Crippen molar-refractivity contribution in [1.29, 1.82) is 5.41 Å². The first kappa shape index (κ1) is 10.6. The Morgan fingerprint density at radius 2 is 1.86 bits per heavy atom. The summed E-state index contributed by atoms with van der Waals surface area (Å²) in [5.41, 5.74) is 2.82. The summed E-state index contributed by atoms with van der Waals surface area (Å²) in [6, 6.07) is 3.91. The fraction of sp³-hybridized carbons (Fsp3) is 0.364. The van der Waals surface area contributed by atoms with Gasteiger partial charge in [-0.3, -0.25) is 5.41 Å². The Morgan fingerprint density at radius 1 is 1.21 bits per heavy atom. The van der Waals surface area contributed by atoms with E-state index in [0.717, 1.165) is 11.1 Å². The minimum Gasteiger partial charge on any atom is -0.496 e. The van der Waals surface area contributed by atoms with Crippen molar-refractivity contribution in [2.24, 2.45) is 0 Å². The second kappa shape index (κ2) is 4.13. The molecule has 0 aliphatic carbocycles. The predicted molar refractivity (Wildman–Crippen MR) is 56.3 cm³/mol. The summed E-state index contributed by atoms with van der Waals surface area (Å²) in [7, 11) is 3.09. The molecule has 3 nitrogen and oxygen atoms in total. The molecular formula is C11H15NO2. The van der Waals surface area contributed by atoms with Crippen LogP contribution in [0.5, 0.6) is 5.75 Å². The van der Waals surface area contributed by atoms with E-state index in [2.05, 4.69) is 0 Å². The maximum Gasteiger partial charge on any atom is 0.216 e. The number of rotatable bonds is 2. The van der Waals surface area contributed by atoms with Crippen molar-refractivity contribution in [3.63, 3.8) is 0 Å². The zero-order valence-electron chi connectivity index (χ0n) is 8.97. The standard InChI is InChI=1S/C11H15NO2/c1-7-5-8(2)10(13-3)9(6-7)11(12)14-4/h5-6,12H,1-4H3. The number of methoxy groups -OCH3 is 2. The molecule has 1 aromatic rings. The average molecular weight is 193 g/mol. The lowest BCUT2D eigenvalue weighted by Crippen LogP contribution is -2.05. The average Bonchev–Trinajstić information content (AvgIpc) is 2.15. The van der Waals surface area contributed by atoms with Crippen LogP contribution in [-0.4, -0.2) is 20.1 Å². The van der Waals surface area contributed by atoms with Crippen LogP contribution in [0.15, 0.2) is 12.1 Å². The monoisotopic (exact) mass is 193 g/mol. The third-order valence-electron chi connectivity index (χ3n) is 2.07. The number of hydrogen-bond donors (Lipinski definition) is 1. The van der Waals surface area contributed by atoms with Crippen molar-refractivity contribution >= 4 is 5.90 Å². The molecule has 0 radical (unpaired) electrons. The largest absolute Gasteiger partial charge is 0.496 e. The van der Waals surface area contributed by atoms with Gasteiger partial charge in [0.15, 0.2) is 0 Å². The Balaban J connectivity index is 3.32. The van der Waals surface area contributed by atoms with Gasteiger partial charge in [-0.05, 0) is 31.0 Å². The van der Waals surface area contributed by atoms with Gasteiger partial charge in [-0.15, -0.1) is 0 Å². The van der Waals surface area contributed by atoms with Gasteiger partial charge in [0.05, 0.1) is 19.8 Å². The molecule has 0 aromatic heterocycles. The summed E-state index contributed by atoms with van der Waals surface area (Å²) in [6.07, 6.45) is 0. The molecular weight excluding hydrogens is 178 g/mol. The Bertz CT molecular complexity index is 359. The van der Waals surface area contributed by atoms with Crippen molar-refractivity contribution in [1.82, 2.24) is 0 Å². The molecule has 1 N–H and O–H groups in total. The number of nitrogens with one attached hydrogen (secondary N) is 1. The quantitative estimate of drug-likeness (QED) is 0.578. The van der Waals surface area contributed by atoms with Crippen LogP contribution in [0.25, 0.3) is 0 Å². The summed E-state index contributed by atoms with van der Waals surface area (Å²) in [6.45, 7) is 3.94. The number of hydrogen-bond acceptors (Lipinski definition) is 3. The third-order valence-corrected chi connectivity index (χ3v) is 2.07. The van der Waals surface area contributed by atoms with Gasteiger partial charge < -0.3 is 9.47 Å². The van der Waals surface area contributed by atoms with Crippen LogP contribution in [-0.2, 0) is 4.74 Å². The Hall–Kier alpha value is -1.51. The third kappa shape index (κ3) is 1.87. The molecule has 0 spiro atoms. The maximum atomic E-state index is 7.61. The molecule has 0 unspecified atom stereocenters. The molecule has 0 bridgehead atoms. The van der Waals surface area contributed by atoms with Gasteiger partial charge in [0.25, 0.3) is 0 Å². The first-order valence-electron chi connectivity index (χ1n) is 4.38. The van der Waals surface area contributed by atoms with Crippen LogP contribution in [0, 0.1) is 19.3 Å². The molecule has 1 rings (SSSR count). The van der Waals surface area contributed by atoms with Gasteiger partial charge in [0, 0.05) is 0 Å². The minimum atomic E-state index is 0.133. The number of benzene rings is 1. The van der Waals surface area contributed by atoms with E-state index in [4.69, 9.17) is 14.9 Å². The summed E-state index contributed by atoms with van der Waals surface area (Å²) in [5.74, 6) is 0.844. The highest BCUT2D eigenvalue weighted by atomic mass is 16.5. The highest BCUT2D eigenvalue weighted by molar-refractivity contribution is 5.95. The first-order valence-corrected chi connectivity index (χ1v) is 4.38. The SMILES string of the molecule is COC(=N)c1cc(C)cc(C)c1OC. The van der Waals surface area contributed by atoms with E-state index in [9.17, 15) is 0 Å². The molecule has 0 aliphatic heterocycles. The van der Waals surface area contributed by atoms with E-state index >= 15 is 0 Å². The van der Waals surface area contributed by atoms with Crippen molar-refractivity contribution in [3.8, 4) is 5.75 Å². The van der Waals surface area contributed by atoms with Crippen molar-refractivity contribution < 1.29 is 9.47 Å². The lowest BCUT2D eigenvalue weighted by molar-refractivity contribution is 0.386. The molecule has 76 valence electrons. The van der Waals surface area contributed by atoms with Crippen LogP contribution in [0.4, 0.5) is 0 Å². The summed E-state index contributed by atoms with van der Waals surface area (Å²) < 4.78 is 10.1. The first-order chi connectivity index (χ1) is 6.60. The summed E-state index contributed by atoms with van der Waals surface area (Å²) in [5, 5.41) is 7.61. The minimum absolute atomic E-state index is 0.133. The van der Waals surface area contributed by atoms with Crippen molar-refractivity contribution in [3.05, 3.63) is 28.8 Å². The molecule has 3 heteroatoms. The molecule has 0 heterocycles. The second-order valence-corrected chi connectivity index (χ2v) is 3.20. The van der Waals surface area contributed by atoms with Gasteiger partial charge in [0.2, 0.25) is 5.90 Å². The highest BCUT2D eigenvalue weighted by Gasteiger charge is 2.11. The van der Waals surface area contributed by atoms with E-state index in [0.29, 0.717) is 11.3 Å². The van der Waals surface area contributed by atoms with Gasteiger partial charge in [-0.2, -0.15) is 0 Å². The zero-order valence-corrected chi connectivity index (χ0v) is 8.97. The molecule has 0 aliphatic rings. The van der Waals surface area contributed by atoms with Gasteiger partial charge in [0.1, 0.15) is 5.75 Å². The Kier molecular flexibility index (Phi) is 3.12. The lowest BCUT2D eigenvalue weighted by Gasteiger charge is -2.12.